The molecule has 3 heterocycles. The average Bonchev–Trinajstić information content (AvgIpc) is 2.43. The van der Waals surface area contributed by atoms with Crippen molar-refractivity contribution in [3.8, 4) is 0 Å². The third-order valence-corrected chi connectivity index (χ3v) is 4.89. The Hall–Kier alpha value is -2.18. The van der Waals surface area contributed by atoms with E-state index in [-0.39, 0.29) is 23.8 Å². The number of fused-ring (bicyclic) bond motifs is 1. The molecule has 0 spiro atoms. The van der Waals surface area contributed by atoms with Gasteiger partial charge in [-0.15, -0.1) is 0 Å². The summed E-state index contributed by atoms with van der Waals surface area (Å²) in [5.74, 6) is 2.29. The summed E-state index contributed by atoms with van der Waals surface area (Å²) >= 11 is 0. The van der Waals surface area contributed by atoms with Crippen molar-refractivity contribution in [3.63, 3.8) is 0 Å². The fourth-order valence-electron chi connectivity index (χ4n) is 3.58. The first kappa shape index (κ1) is 16.7. The van der Waals surface area contributed by atoms with Crippen LogP contribution in [0.25, 0.3) is 0 Å². The van der Waals surface area contributed by atoms with Gasteiger partial charge in [0.2, 0.25) is 11.8 Å². The number of nitrogens with one attached hydrogen (secondary N) is 1. The summed E-state index contributed by atoms with van der Waals surface area (Å²) in [6.07, 6.45) is 0.756. The minimum Gasteiger partial charge on any atom is -0.346 e. The number of carbonyl (C=O) groups excluding carboxylic acids is 2. The molecule has 3 rings (SSSR count). The molecule has 0 radical (unpaired) electrons. The number of aryl methyl sites for hydroxylation is 1. The Kier molecular flexibility index (Phi) is 4.19. The molecule has 0 aromatic carbocycles. The smallest absolute Gasteiger partial charge is 0.247 e. The first-order valence-corrected chi connectivity index (χ1v) is 8.44. The highest BCUT2D eigenvalue weighted by Crippen LogP contribution is 2.33. The maximum absolute atomic E-state index is 12.3. The fraction of sp³-hybridized carbons (Fsp3) is 0.647. The summed E-state index contributed by atoms with van der Waals surface area (Å²) in [6.45, 7) is 9.11. The molecule has 0 bridgehead atoms. The Balaban J connectivity index is 1.82. The van der Waals surface area contributed by atoms with Crippen LogP contribution in [-0.4, -0.2) is 52.9 Å². The standard InChI is InChI=1S/C17H25N5O2/c1-9(2)15-17(24)20-14-10(3)18-13(19-16(14)21(15)5)6-12-7-22(8-12)11(4)23/h9,12,15H,6-8H2,1-5H3,(H,20,24)/t15-/m0/s1. The van der Waals surface area contributed by atoms with Crippen molar-refractivity contribution in [2.75, 3.05) is 30.4 Å². The molecule has 7 nitrogen and oxygen atoms in total. The lowest BCUT2D eigenvalue weighted by molar-refractivity contribution is -0.135. The van der Waals surface area contributed by atoms with Crippen molar-refractivity contribution in [2.45, 2.75) is 40.2 Å². The zero-order chi connectivity index (χ0) is 17.6. The van der Waals surface area contributed by atoms with Crippen molar-refractivity contribution in [1.29, 1.82) is 0 Å². The van der Waals surface area contributed by atoms with Crippen LogP contribution in [0.5, 0.6) is 0 Å². The lowest BCUT2D eigenvalue weighted by Crippen LogP contribution is -2.51. The Bertz CT molecular complexity index is 682. The van der Waals surface area contributed by atoms with Crippen LogP contribution in [0, 0.1) is 18.8 Å². The summed E-state index contributed by atoms with van der Waals surface area (Å²) in [6, 6.07) is -0.225. The molecule has 1 aromatic heterocycles. The van der Waals surface area contributed by atoms with Gasteiger partial charge in [0.15, 0.2) is 5.82 Å². The number of amides is 2. The second-order valence-corrected chi connectivity index (χ2v) is 7.21. The van der Waals surface area contributed by atoms with Gasteiger partial charge >= 0.3 is 0 Å². The van der Waals surface area contributed by atoms with E-state index in [1.807, 2.05) is 37.6 Å². The van der Waals surface area contributed by atoms with Crippen LogP contribution in [0.3, 0.4) is 0 Å². The number of aromatic nitrogens is 2. The maximum Gasteiger partial charge on any atom is 0.247 e. The normalized spacial score (nSPS) is 20.8. The van der Waals surface area contributed by atoms with Gasteiger partial charge in [-0.05, 0) is 12.8 Å². The van der Waals surface area contributed by atoms with Crippen LogP contribution in [-0.2, 0) is 16.0 Å². The summed E-state index contributed by atoms with van der Waals surface area (Å²) in [4.78, 5) is 36.7. The minimum absolute atomic E-state index is 0.00413. The number of likely N-dealkylation sites (N-methyl/N-ethyl adjacent to an activating group) is 1. The van der Waals surface area contributed by atoms with E-state index >= 15 is 0 Å². The van der Waals surface area contributed by atoms with E-state index in [0.29, 0.717) is 11.6 Å². The largest absolute Gasteiger partial charge is 0.346 e. The summed E-state index contributed by atoms with van der Waals surface area (Å²) in [5.41, 5.74) is 1.50. The zero-order valence-corrected chi connectivity index (χ0v) is 15.0. The number of hydrogen-bond acceptors (Lipinski definition) is 5. The average molecular weight is 331 g/mol. The van der Waals surface area contributed by atoms with Crippen molar-refractivity contribution < 1.29 is 9.59 Å². The second-order valence-electron chi connectivity index (χ2n) is 7.21. The van der Waals surface area contributed by atoms with Crippen molar-refractivity contribution in [1.82, 2.24) is 14.9 Å². The zero-order valence-electron chi connectivity index (χ0n) is 15.0. The monoisotopic (exact) mass is 331 g/mol. The molecular formula is C17H25N5O2. The van der Waals surface area contributed by atoms with Crippen LogP contribution in [0.1, 0.15) is 32.3 Å². The van der Waals surface area contributed by atoms with E-state index in [0.717, 1.165) is 36.8 Å². The van der Waals surface area contributed by atoms with Crippen molar-refractivity contribution in [2.24, 2.45) is 11.8 Å². The van der Waals surface area contributed by atoms with Crippen LogP contribution in [0.15, 0.2) is 0 Å². The quantitative estimate of drug-likeness (QED) is 0.901. The highest BCUT2D eigenvalue weighted by molar-refractivity contribution is 6.03. The topological polar surface area (TPSA) is 78.4 Å². The Morgan fingerprint density at radius 1 is 1.33 bits per heavy atom. The van der Waals surface area contributed by atoms with Gasteiger partial charge in [-0.1, -0.05) is 13.8 Å². The number of nitrogens with zero attached hydrogens (tertiary/aromatic N) is 4. The molecule has 0 aliphatic carbocycles. The Morgan fingerprint density at radius 3 is 2.58 bits per heavy atom. The maximum atomic E-state index is 12.3. The minimum atomic E-state index is -0.225. The van der Waals surface area contributed by atoms with E-state index in [1.165, 1.54) is 0 Å². The molecular weight excluding hydrogens is 306 g/mol. The first-order chi connectivity index (χ1) is 11.3. The predicted molar refractivity (Wildman–Crippen MR) is 91.9 cm³/mol. The van der Waals surface area contributed by atoms with E-state index < -0.39 is 0 Å². The fourth-order valence-corrected chi connectivity index (χ4v) is 3.58. The van der Waals surface area contributed by atoms with E-state index in [4.69, 9.17) is 4.98 Å². The molecule has 1 saturated heterocycles. The van der Waals surface area contributed by atoms with Crippen LogP contribution in [0.2, 0.25) is 0 Å². The highest BCUT2D eigenvalue weighted by Gasteiger charge is 2.36. The molecule has 1 aromatic rings. The van der Waals surface area contributed by atoms with E-state index in [9.17, 15) is 9.59 Å². The molecule has 0 unspecified atom stereocenters. The van der Waals surface area contributed by atoms with Crippen LogP contribution < -0.4 is 10.2 Å². The van der Waals surface area contributed by atoms with Crippen molar-refractivity contribution >= 4 is 23.3 Å². The molecule has 1 N–H and O–H groups in total. The van der Waals surface area contributed by atoms with Gasteiger partial charge in [-0.3, -0.25) is 9.59 Å². The molecule has 0 saturated carbocycles. The molecule has 7 heteroatoms. The number of rotatable bonds is 3. The summed E-state index contributed by atoms with van der Waals surface area (Å²) in [5, 5.41) is 2.96. The van der Waals surface area contributed by atoms with Gasteiger partial charge < -0.3 is 15.1 Å². The molecule has 2 amide bonds. The summed E-state index contributed by atoms with van der Waals surface area (Å²) < 4.78 is 0. The Morgan fingerprint density at radius 2 is 2.00 bits per heavy atom. The third kappa shape index (κ3) is 2.83. The number of anilines is 2. The Labute approximate surface area is 142 Å². The molecule has 24 heavy (non-hydrogen) atoms. The number of hydrogen-bond donors (Lipinski definition) is 1. The summed E-state index contributed by atoms with van der Waals surface area (Å²) in [7, 11) is 1.92. The van der Waals surface area contributed by atoms with Gasteiger partial charge in [0, 0.05) is 39.4 Å². The molecule has 1 fully saturated rings. The number of likely N-dealkylation sites (tertiary alicyclic amines) is 1. The van der Waals surface area contributed by atoms with Crippen LogP contribution in [0.4, 0.5) is 11.5 Å². The molecule has 1 atom stereocenters. The second kappa shape index (κ2) is 6.03. The van der Waals surface area contributed by atoms with Crippen LogP contribution >= 0.6 is 0 Å². The first-order valence-electron chi connectivity index (χ1n) is 8.44. The molecule has 2 aliphatic heterocycles. The third-order valence-electron chi connectivity index (χ3n) is 4.89. The van der Waals surface area contributed by atoms with E-state index in [1.54, 1.807) is 6.92 Å². The van der Waals surface area contributed by atoms with Gasteiger partial charge in [0.25, 0.3) is 0 Å². The molecule has 2 aliphatic rings. The van der Waals surface area contributed by atoms with Gasteiger partial charge in [0.1, 0.15) is 17.6 Å². The van der Waals surface area contributed by atoms with Crippen molar-refractivity contribution in [3.05, 3.63) is 11.5 Å². The van der Waals surface area contributed by atoms with E-state index in [2.05, 4.69) is 10.3 Å². The van der Waals surface area contributed by atoms with Gasteiger partial charge in [0.05, 0.1) is 5.69 Å². The lowest BCUT2D eigenvalue weighted by Gasteiger charge is -2.39. The molecule has 130 valence electrons. The lowest BCUT2D eigenvalue weighted by atomic mass is 9.95. The predicted octanol–water partition coefficient (Wildman–Crippen LogP) is 1.22. The highest BCUT2D eigenvalue weighted by atomic mass is 16.2. The van der Waals surface area contributed by atoms with Gasteiger partial charge in [-0.2, -0.15) is 0 Å². The number of carbonyl (C=O) groups is 2. The van der Waals surface area contributed by atoms with Gasteiger partial charge in [-0.25, -0.2) is 9.97 Å². The SMILES string of the molecule is CC(=O)N1CC(Cc2nc(C)c3c(n2)N(C)[C@@H](C(C)C)C(=O)N3)C1.